The molecule has 0 bridgehead atoms. The number of hydrogen-bond donors (Lipinski definition) is 2. The molecule has 1 aliphatic rings. The second-order valence-electron chi connectivity index (χ2n) is 5.20. The van der Waals surface area contributed by atoms with Crippen LogP contribution in [0.15, 0.2) is 48.5 Å². The first-order valence-electron chi connectivity index (χ1n) is 7.18. The number of carbonyl (C=O) groups excluding carboxylic acids is 2. The van der Waals surface area contributed by atoms with Crippen molar-refractivity contribution >= 4 is 34.8 Å². The van der Waals surface area contributed by atoms with Gasteiger partial charge in [-0.3, -0.25) is 9.59 Å². The fourth-order valence-electron chi connectivity index (χ4n) is 2.51. The third kappa shape index (κ3) is 2.81. The van der Waals surface area contributed by atoms with Gasteiger partial charge in [-0.05, 0) is 24.3 Å². The second-order valence-corrected chi connectivity index (χ2v) is 5.51. The molecule has 0 radical (unpaired) electrons. The summed E-state index contributed by atoms with van der Waals surface area (Å²) in [6, 6.07) is 13.7. The largest absolute Gasteiger partial charge is 0.390 e. The third-order valence-corrected chi connectivity index (χ3v) is 4.00. The first-order chi connectivity index (χ1) is 11.1. The van der Waals surface area contributed by atoms with Gasteiger partial charge in [0.05, 0.1) is 34.5 Å². The van der Waals surface area contributed by atoms with Crippen LogP contribution in [0.5, 0.6) is 0 Å². The molecule has 0 saturated heterocycles. The number of alkyl halides is 1. The van der Waals surface area contributed by atoms with Crippen molar-refractivity contribution in [3.05, 3.63) is 59.7 Å². The first kappa shape index (κ1) is 15.5. The number of imide groups is 1. The molecule has 0 aliphatic carbocycles. The highest BCUT2D eigenvalue weighted by molar-refractivity contribution is 6.35. The number of para-hydroxylation sites is 2. The van der Waals surface area contributed by atoms with Crippen LogP contribution >= 0.6 is 11.6 Å². The summed E-state index contributed by atoms with van der Waals surface area (Å²) in [5, 5.41) is 12.6. The van der Waals surface area contributed by atoms with E-state index in [2.05, 4.69) is 5.32 Å². The Balaban J connectivity index is 1.94. The number of carbonyl (C=O) groups is 2. The van der Waals surface area contributed by atoms with E-state index in [1.54, 1.807) is 48.5 Å². The molecular weight excluding hydrogens is 316 g/mol. The maximum Gasteiger partial charge on any atom is 0.266 e. The Bertz CT molecular complexity index is 728. The molecule has 0 fully saturated rings. The molecule has 5 nitrogen and oxygen atoms in total. The van der Waals surface area contributed by atoms with Gasteiger partial charge in [-0.2, -0.15) is 0 Å². The van der Waals surface area contributed by atoms with Crippen molar-refractivity contribution < 1.29 is 14.7 Å². The Morgan fingerprint density at radius 3 is 2.17 bits per heavy atom. The summed E-state index contributed by atoms with van der Waals surface area (Å²) in [7, 11) is 0. The lowest BCUT2D eigenvalue weighted by atomic mass is 10.1. The normalized spacial score (nSPS) is 14.8. The molecule has 6 heteroatoms. The summed E-state index contributed by atoms with van der Waals surface area (Å²) in [4.78, 5) is 26.3. The van der Waals surface area contributed by atoms with E-state index in [-0.39, 0.29) is 24.2 Å². The highest BCUT2D eigenvalue weighted by Crippen LogP contribution is 2.33. The van der Waals surface area contributed by atoms with E-state index >= 15 is 0 Å². The molecule has 1 unspecified atom stereocenters. The highest BCUT2D eigenvalue weighted by atomic mass is 35.5. The number of rotatable bonds is 5. The van der Waals surface area contributed by atoms with Gasteiger partial charge in [0, 0.05) is 6.54 Å². The molecule has 3 rings (SSSR count). The van der Waals surface area contributed by atoms with Crippen molar-refractivity contribution in [3.63, 3.8) is 0 Å². The smallest absolute Gasteiger partial charge is 0.266 e. The second kappa shape index (κ2) is 6.40. The van der Waals surface area contributed by atoms with Crippen LogP contribution in [-0.2, 0) is 0 Å². The van der Waals surface area contributed by atoms with Crippen molar-refractivity contribution in [2.75, 3.05) is 22.6 Å². The SMILES string of the molecule is O=C1c2ccccc2C(=O)N1c1ccccc1NCC(O)CCl. The Kier molecular flexibility index (Phi) is 4.32. The molecule has 0 aromatic heterocycles. The molecule has 23 heavy (non-hydrogen) atoms. The van der Waals surface area contributed by atoms with Gasteiger partial charge in [0.25, 0.3) is 11.8 Å². The number of benzene rings is 2. The van der Waals surface area contributed by atoms with Crippen molar-refractivity contribution in [3.8, 4) is 0 Å². The minimum absolute atomic E-state index is 0.0994. The number of aliphatic hydroxyl groups is 1. The molecule has 0 spiro atoms. The van der Waals surface area contributed by atoms with Gasteiger partial charge < -0.3 is 10.4 Å². The van der Waals surface area contributed by atoms with Gasteiger partial charge >= 0.3 is 0 Å². The molecule has 1 heterocycles. The van der Waals surface area contributed by atoms with Crippen LogP contribution in [-0.4, -0.2) is 35.4 Å². The Morgan fingerprint density at radius 2 is 1.57 bits per heavy atom. The molecule has 1 atom stereocenters. The lowest BCUT2D eigenvalue weighted by Crippen LogP contribution is -2.30. The quantitative estimate of drug-likeness (QED) is 0.653. The number of anilines is 2. The van der Waals surface area contributed by atoms with Crippen LogP contribution < -0.4 is 10.2 Å². The van der Waals surface area contributed by atoms with E-state index < -0.39 is 6.10 Å². The molecule has 0 saturated carbocycles. The summed E-state index contributed by atoms with van der Waals surface area (Å²) < 4.78 is 0. The van der Waals surface area contributed by atoms with E-state index in [0.29, 0.717) is 22.5 Å². The van der Waals surface area contributed by atoms with Crippen molar-refractivity contribution in [1.82, 2.24) is 0 Å². The lowest BCUT2D eigenvalue weighted by molar-refractivity contribution is 0.0926. The van der Waals surface area contributed by atoms with Crippen LogP contribution in [0.3, 0.4) is 0 Å². The van der Waals surface area contributed by atoms with E-state index in [0.717, 1.165) is 4.90 Å². The van der Waals surface area contributed by atoms with Gasteiger partial charge in [0.1, 0.15) is 0 Å². The van der Waals surface area contributed by atoms with Crippen LogP contribution in [0.25, 0.3) is 0 Å². The van der Waals surface area contributed by atoms with Crippen LogP contribution in [0.2, 0.25) is 0 Å². The Labute approximate surface area is 138 Å². The van der Waals surface area contributed by atoms with Gasteiger partial charge in [-0.15, -0.1) is 11.6 Å². The van der Waals surface area contributed by atoms with E-state index in [9.17, 15) is 14.7 Å². The summed E-state index contributed by atoms with van der Waals surface area (Å²) >= 11 is 5.58. The average Bonchev–Trinajstić information content (AvgIpc) is 2.84. The minimum Gasteiger partial charge on any atom is -0.390 e. The number of fused-ring (bicyclic) bond motifs is 1. The van der Waals surface area contributed by atoms with Gasteiger partial charge in [0.2, 0.25) is 0 Å². The van der Waals surface area contributed by atoms with Crippen molar-refractivity contribution in [1.29, 1.82) is 0 Å². The predicted octanol–water partition coefficient (Wildman–Crippen LogP) is 2.50. The topological polar surface area (TPSA) is 69.6 Å². The summed E-state index contributed by atoms with van der Waals surface area (Å²) in [5.41, 5.74) is 1.84. The van der Waals surface area contributed by atoms with Crippen molar-refractivity contribution in [2.45, 2.75) is 6.10 Å². The standard InChI is InChI=1S/C17H15ClN2O3/c18-9-11(21)10-19-14-7-3-4-8-15(14)20-16(22)12-5-1-2-6-13(12)17(20)23/h1-8,11,19,21H,9-10H2. The van der Waals surface area contributed by atoms with E-state index in [1.807, 2.05) is 0 Å². The maximum absolute atomic E-state index is 12.6. The number of amides is 2. The first-order valence-corrected chi connectivity index (χ1v) is 7.71. The van der Waals surface area contributed by atoms with Gasteiger partial charge in [-0.25, -0.2) is 4.90 Å². The number of halogens is 1. The van der Waals surface area contributed by atoms with Gasteiger partial charge in [-0.1, -0.05) is 24.3 Å². The summed E-state index contributed by atoms with van der Waals surface area (Å²) in [6.07, 6.45) is -0.716. The van der Waals surface area contributed by atoms with E-state index in [4.69, 9.17) is 11.6 Å². The van der Waals surface area contributed by atoms with E-state index in [1.165, 1.54) is 0 Å². The van der Waals surface area contributed by atoms with Gasteiger partial charge in [0.15, 0.2) is 0 Å². The number of nitrogens with one attached hydrogen (secondary N) is 1. The molecule has 2 aromatic carbocycles. The lowest BCUT2D eigenvalue weighted by Gasteiger charge is -2.19. The number of aliphatic hydroxyl groups excluding tert-OH is 1. The zero-order chi connectivity index (χ0) is 16.4. The summed E-state index contributed by atoms with van der Waals surface area (Å²) in [5.74, 6) is -0.599. The number of hydrogen-bond acceptors (Lipinski definition) is 4. The minimum atomic E-state index is -0.716. The fraction of sp³-hybridized carbons (Fsp3) is 0.176. The molecular formula is C17H15ClN2O3. The van der Waals surface area contributed by atoms with Crippen molar-refractivity contribution in [2.24, 2.45) is 0 Å². The highest BCUT2D eigenvalue weighted by Gasteiger charge is 2.37. The van der Waals surface area contributed by atoms with Crippen LogP contribution in [0.1, 0.15) is 20.7 Å². The van der Waals surface area contributed by atoms with Crippen LogP contribution in [0, 0.1) is 0 Å². The Hall–Kier alpha value is -2.37. The fourth-order valence-corrected chi connectivity index (χ4v) is 2.62. The molecule has 2 amide bonds. The molecule has 118 valence electrons. The third-order valence-electron chi connectivity index (χ3n) is 3.65. The molecule has 2 aromatic rings. The Morgan fingerprint density at radius 1 is 1.00 bits per heavy atom. The maximum atomic E-state index is 12.6. The average molecular weight is 331 g/mol. The zero-order valence-corrected chi connectivity index (χ0v) is 13.0. The molecule has 1 aliphatic heterocycles. The monoisotopic (exact) mass is 330 g/mol. The number of nitrogens with zero attached hydrogens (tertiary/aromatic N) is 1. The predicted molar refractivity (Wildman–Crippen MR) is 89.2 cm³/mol. The molecule has 2 N–H and O–H groups in total. The zero-order valence-electron chi connectivity index (χ0n) is 12.2. The summed E-state index contributed by atoms with van der Waals surface area (Å²) in [6.45, 7) is 0.226. The van der Waals surface area contributed by atoms with Crippen LogP contribution in [0.4, 0.5) is 11.4 Å².